The molecule has 0 bridgehead atoms. The van der Waals surface area contributed by atoms with E-state index in [0.717, 1.165) is 16.5 Å². The van der Waals surface area contributed by atoms with Crippen molar-refractivity contribution in [1.29, 1.82) is 0 Å². The summed E-state index contributed by atoms with van der Waals surface area (Å²) in [6.45, 7) is 0. The molecule has 0 saturated heterocycles. The van der Waals surface area contributed by atoms with Crippen LogP contribution in [-0.4, -0.2) is 16.9 Å². The highest BCUT2D eigenvalue weighted by molar-refractivity contribution is 5.85. The molecule has 0 spiro atoms. The number of primary amides is 1. The van der Waals surface area contributed by atoms with Gasteiger partial charge >= 0.3 is 0 Å². The second-order valence-electron chi connectivity index (χ2n) is 3.57. The number of aromatic nitrogens is 1. The second-order valence-corrected chi connectivity index (χ2v) is 3.57. The maximum absolute atomic E-state index is 10.8. The first-order chi connectivity index (χ1) is 7.18. The summed E-state index contributed by atoms with van der Waals surface area (Å²) in [7, 11) is 0. The summed E-state index contributed by atoms with van der Waals surface area (Å²) in [5.74, 6) is -0.472. The molecule has 4 nitrogen and oxygen atoms in total. The van der Waals surface area contributed by atoms with Gasteiger partial charge < -0.3 is 16.5 Å². The lowest BCUT2D eigenvalue weighted by Crippen LogP contribution is -2.38. The van der Waals surface area contributed by atoms with Crippen molar-refractivity contribution in [3.05, 3.63) is 36.0 Å². The first kappa shape index (κ1) is 9.73. The minimum absolute atomic E-state index is 0.472. The Hall–Kier alpha value is -1.81. The van der Waals surface area contributed by atoms with Gasteiger partial charge in [-0.25, -0.2) is 0 Å². The molecule has 0 aliphatic heterocycles. The highest BCUT2D eigenvalue weighted by Crippen LogP contribution is 2.18. The fourth-order valence-electron chi connectivity index (χ4n) is 1.64. The quantitative estimate of drug-likeness (QED) is 0.679. The predicted octanol–water partition coefficient (Wildman–Crippen LogP) is 0.523. The zero-order valence-electron chi connectivity index (χ0n) is 8.23. The number of hydrogen-bond donors (Lipinski definition) is 3. The highest BCUT2D eigenvalue weighted by atomic mass is 16.1. The van der Waals surface area contributed by atoms with E-state index in [-0.39, 0.29) is 0 Å². The number of H-pyrrole nitrogens is 1. The number of carbonyl (C=O) groups excluding carboxylic acids is 1. The van der Waals surface area contributed by atoms with Gasteiger partial charge in [0.25, 0.3) is 0 Å². The lowest BCUT2D eigenvalue weighted by Gasteiger charge is -2.05. The Morgan fingerprint density at radius 2 is 2.13 bits per heavy atom. The molecule has 0 aliphatic carbocycles. The maximum Gasteiger partial charge on any atom is 0.234 e. The summed E-state index contributed by atoms with van der Waals surface area (Å²) in [4.78, 5) is 14.0. The van der Waals surface area contributed by atoms with E-state index in [0.29, 0.717) is 6.42 Å². The monoisotopic (exact) mass is 203 g/mol. The maximum atomic E-state index is 10.8. The molecular formula is C11H13N3O. The average Bonchev–Trinajstić information content (AvgIpc) is 2.62. The number of hydrogen-bond acceptors (Lipinski definition) is 2. The molecule has 1 aromatic heterocycles. The van der Waals surface area contributed by atoms with Crippen LogP contribution in [0.5, 0.6) is 0 Å². The van der Waals surface area contributed by atoms with Crippen LogP contribution in [0.3, 0.4) is 0 Å². The fraction of sp³-hybridized carbons (Fsp3) is 0.182. The van der Waals surface area contributed by atoms with Crippen LogP contribution in [-0.2, 0) is 11.2 Å². The molecule has 0 saturated carbocycles. The Kier molecular flexibility index (Phi) is 2.43. The summed E-state index contributed by atoms with van der Waals surface area (Å²) in [6.07, 6.45) is 2.34. The van der Waals surface area contributed by atoms with Gasteiger partial charge in [-0.15, -0.1) is 0 Å². The summed E-state index contributed by atoms with van der Waals surface area (Å²) in [5.41, 5.74) is 12.8. The molecule has 0 aliphatic rings. The zero-order valence-corrected chi connectivity index (χ0v) is 8.23. The smallest absolute Gasteiger partial charge is 0.234 e. The Bertz CT molecular complexity index is 489. The number of fused-ring (bicyclic) bond motifs is 1. The van der Waals surface area contributed by atoms with Gasteiger partial charge in [0.1, 0.15) is 0 Å². The lowest BCUT2D eigenvalue weighted by molar-refractivity contribution is -0.119. The topological polar surface area (TPSA) is 84.9 Å². The number of rotatable bonds is 3. The average molecular weight is 203 g/mol. The van der Waals surface area contributed by atoms with E-state index in [1.54, 1.807) is 0 Å². The van der Waals surface area contributed by atoms with Gasteiger partial charge in [0.15, 0.2) is 0 Å². The first-order valence-electron chi connectivity index (χ1n) is 4.78. The lowest BCUT2D eigenvalue weighted by atomic mass is 10.1. The minimum atomic E-state index is -0.621. The standard InChI is InChI=1S/C11H13N3O/c12-9(11(13)15)5-7-6-14-10-4-2-1-3-8(7)10/h1-4,6,9,14H,5,12H2,(H2,13,15)/t9-/m1/s1. The summed E-state index contributed by atoms with van der Waals surface area (Å²) in [5, 5.41) is 1.09. The Morgan fingerprint density at radius 1 is 1.40 bits per heavy atom. The van der Waals surface area contributed by atoms with E-state index < -0.39 is 11.9 Å². The van der Waals surface area contributed by atoms with Gasteiger partial charge in [0, 0.05) is 17.1 Å². The van der Waals surface area contributed by atoms with E-state index in [1.807, 2.05) is 30.5 Å². The minimum Gasteiger partial charge on any atom is -0.368 e. The molecule has 0 radical (unpaired) electrons. The number of amides is 1. The van der Waals surface area contributed by atoms with Crippen LogP contribution in [0, 0.1) is 0 Å². The number of aromatic amines is 1. The van der Waals surface area contributed by atoms with Crippen molar-refractivity contribution in [2.75, 3.05) is 0 Å². The number of carbonyl (C=O) groups is 1. The van der Waals surface area contributed by atoms with Crippen molar-refractivity contribution in [2.24, 2.45) is 11.5 Å². The third-order valence-electron chi connectivity index (χ3n) is 2.48. The molecule has 2 aromatic rings. The van der Waals surface area contributed by atoms with E-state index in [9.17, 15) is 4.79 Å². The molecule has 1 amide bonds. The number of nitrogens with one attached hydrogen (secondary N) is 1. The van der Waals surface area contributed by atoms with Crippen molar-refractivity contribution < 1.29 is 4.79 Å². The van der Waals surface area contributed by atoms with Crippen LogP contribution in [0.1, 0.15) is 5.56 Å². The molecule has 2 rings (SSSR count). The molecule has 1 aromatic carbocycles. The van der Waals surface area contributed by atoms with Gasteiger partial charge in [-0.3, -0.25) is 4.79 Å². The largest absolute Gasteiger partial charge is 0.368 e. The third-order valence-corrected chi connectivity index (χ3v) is 2.48. The van der Waals surface area contributed by atoms with Gasteiger partial charge in [-0.1, -0.05) is 18.2 Å². The van der Waals surface area contributed by atoms with Gasteiger partial charge in [-0.2, -0.15) is 0 Å². The Balaban J connectivity index is 2.32. The van der Waals surface area contributed by atoms with Gasteiger partial charge in [0.05, 0.1) is 6.04 Å². The third kappa shape index (κ3) is 1.85. The fourth-order valence-corrected chi connectivity index (χ4v) is 1.64. The van der Waals surface area contributed by atoms with Crippen molar-refractivity contribution in [3.8, 4) is 0 Å². The normalized spacial score (nSPS) is 12.9. The van der Waals surface area contributed by atoms with E-state index >= 15 is 0 Å². The number of benzene rings is 1. The van der Waals surface area contributed by atoms with Crippen LogP contribution in [0.4, 0.5) is 0 Å². The first-order valence-corrected chi connectivity index (χ1v) is 4.78. The zero-order chi connectivity index (χ0) is 10.8. The molecule has 5 N–H and O–H groups in total. The van der Waals surface area contributed by atoms with Crippen LogP contribution < -0.4 is 11.5 Å². The highest BCUT2D eigenvalue weighted by Gasteiger charge is 2.12. The molecule has 78 valence electrons. The molecule has 0 fully saturated rings. The summed E-state index contributed by atoms with van der Waals surface area (Å²) < 4.78 is 0. The van der Waals surface area contributed by atoms with Crippen LogP contribution in [0.25, 0.3) is 10.9 Å². The van der Waals surface area contributed by atoms with E-state index in [2.05, 4.69) is 4.98 Å². The van der Waals surface area contributed by atoms with Crippen molar-refractivity contribution in [2.45, 2.75) is 12.5 Å². The van der Waals surface area contributed by atoms with E-state index in [1.165, 1.54) is 0 Å². The molecule has 15 heavy (non-hydrogen) atoms. The van der Waals surface area contributed by atoms with E-state index in [4.69, 9.17) is 11.5 Å². The van der Waals surface area contributed by atoms with Crippen molar-refractivity contribution in [1.82, 2.24) is 4.98 Å². The summed E-state index contributed by atoms with van der Waals surface area (Å²) >= 11 is 0. The van der Waals surface area contributed by atoms with Gasteiger partial charge in [-0.05, 0) is 18.1 Å². The Morgan fingerprint density at radius 3 is 2.87 bits per heavy atom. The predicted molar refractivity (Wildman–Crippen MR) is 59.2 cm³/mol. The molecule has 4 heteroatoms. The van der Waals surface area contributed by atoms with Crippen LogP contribution in [0.2, 0.25) is 0 Å². The SMILES string of the molecule is NC(=O)[C@H](N)Cc1c[nH]c2ccccc12. The Labute approximate surface area is 87.3 Å². The second kappa shape index (κ2) is 3.74. The number of nitrogens with two attached hydrogens (primary N) is 2. The molecule has 1 atom stereocenters. The van der Waals surface area contributed by atoms with Crippen LogP contribution >= 0.6 is 0 Å². The molecule has 0 unspecified atom stereocenters. The number of para-hydroxylation sites is 1. The summed E-state index contributed by atoms with van der Waals surface area (Å²) in [6, 6.07) is 7.26. The van der Waals surface area contributed by atoms with Gasteiger partial charge in [0.2, 0.25) is 5.91 Å². The van der Waals surface area contributed by atoms with Crippen molar-refractivity contribution >= 4 is 16.8 Å². The molecular weight excluding hydrogens is 190 g/mol. The molecule has 1 heterocycles. The van der Waals surface area contributed by atoms with Crippen molar-refractivity contribution in [3.63, 3.8) is 0 Å². The van der Waals surface area contributed by atoms with Crippen LogP contribution in [0.15, 0.2) is 30.5 Å².